The molecule has 1 saturated heterocycles. The third-order valence-corrected chi connectivity index (χ3v) is 2.38. The Morgan fingerprint density at radius 3 is 2.82 bits per heavy atom. The van der Waals surface area contributed by atoms with Gasteiger partial charge in [-0.1, -0.05) is 0 Å². The van der Waals surface area contributed by atoms with Gasteiger partial charge in [-0.25, -0.2) is 5.43 Å². The Morgan fingerprint density at radius 1 is 1.41 bits per heavy atom. The van der Waals surface area contributed by atoms with Gasteiger partial charge in [0.1, 0.15) is 6.34 Å². The van der Waals surface area contributed by atoms with Gasteiger partial charge in [0.25, 0.3) is 5.91 Å². The third-order valence-electron chi connectivity index (χ3n) is 2.38. The summed E-state index contributed by atoms with van der Waals surface area (Å²) in [6.45, 7) is 3.00. The highest BCUT2D eigenvalue weighted by Crippen LogP contribution is 1.96. The summed E-state index contributed by atoms with van der Waals surface area (Å²) in [7, 11) is 0. The Labute approximate surface area is 99.3 Å². The van der Waals surface area contributed by atoms with Gasteiger partial charge < -0.3 is 9.64 Å². The van der Waals surface area contributed by atoms with Gasteiger partial charge in [0.05, 0.1) is 13.2 Å². The number of nitrogens with zero attached hydrogens (tertiary/aromatic N) is 3. The molecule has 0 aromatic carbocycles. The average molecular weight is 234 g/mol. The van der Waals surface area contributed by atoms with Crippen LogP contribution in [0.25, 0.3) is 0 Å². The lowest BCUT2D eigenvalue weighted by Crippen LogP contribution is -2.36. The zero-order valence-electron chi connectivity index (χ0n) is 9.37. The SMILES string of the molecule is O=C(N/N=C/N1CCOCC1)c1ccncc1. The first-order valence-electron chi connectivity index (χ1n) is 5.41. The molecule has 90 valence electrons. The molecule has 1 aliphatic rings. The van der Waals surface area contributed by atoms with Crippen LogP contribution in [-0.2, 0) is 4.74 Å². The van der Waals surface area contributed by atoms with Crippen LogP contribution in [0.15, 0.2) is 29.6 Å². The van der Waals surface area contributed by atoms with Crippen molar-refractivity contribution in [3.8, 4) is 0 Å². The molecule has 0 aliphatic carbocycles. The lowest BCUT2D eigenvalue weighted by molar-refractivity contribution is 0.0698. The molecule has 0 saturated carbocycles. The van der Waals surface area contributed by atoms with Gasteiger partial charge >= 0.3 is 0 Å². The molecule has 1 aromatic heterocycles. The number of carbonyl (C=O) groups is 1. The lowest BCUT2D eigenvalue weighted by Gasteiger charge is -2.23. The second kappa shape index (κ2) is 5.95. The number of hydrogen-bond donors (Lipinski definition) is 1. The fourth-order valence-electron chi connectivity index (χ4n) is 1.43. The minimum absolute atomic E-state index is 0.239. The number of nitrogens with one attached hydrogen (secondary N) is 1. The number of hydrogen-bond acceptors (Lipinski definition) is 4. The zero-order valence-corrected chi connectivity index (χ0v) is 9.37. The van der Waals surface area contributed by atoms with E-state index in [9.17, 15) is 4.79 Å². The van der Waals surface area contributed by atoms with Gasteiger partial charge in [-0.15, -0.1) is 0 Å². The van der Waals surface area contributed by atoms with Crippen LogP contribution >= 0.6 is 0 Å². The molecule has 1 fully saturated rings. The standard InChI is InChI=1S/C11H14N4O2/c16-11(10-1-3-12-4-2-10)14-13-9-15-5-7-17-8-6-15/h1-4,9H,5-8H2,(H,14,16)/b13-9+. The molecule has 2 heterocycles. The number of hydrazone groups is 1. The Hall–Kier alpha value is -1.95. The summed E-state index contributed by atoms with van der Waals surface area (Å²) < 4.78 is 5.20. The van der Waals surface area contributed by atoms with Crippen molar-refractivity contribution in [3.05, 3.63) is 30.1 Å². The van der Waals surface area contributed by atoms with Gasteiger partial charge in [-0.2, -0.15) is 5.10 Å². The molecule has 6 heteroatoms. The highest BCUT2D eigenvalue weighted by molar-refractivity contribution is 5.94. The molecule has 1 N–H and O–H groups in total. The Morgan fingerprint density at radius 2 is 2.12 bits per heavy atom. The van der Waals surface area contributed by atoms with Crippen molar-refractivity contribution in [3.63, 3.8) is 0 Å². The van der Waals surface area contributed by atoms with Crippen LogP contribution in [0, 0.1) is 0 Å². The van der Waals surface area contributed by atoms with Crippen LogP contribution in [0.3, 0.4) is 0 Å². The van der Waals surface area contributed by atoms with Crippen molar-refractivity contribution in [1.82, 2.24) is 15.3 Å². The predicted octanol–water partition coefficient (Wildman–Crippen LogP) is 0.0869. The second-order valence-corrected chi connectivity index (χ2v) is 3.57. The Kier molecular flexibility index (Phi) is 4.04. The molecule has 0 unspecified atom stereocenters. The first-order chi connectivity index (χ1) is 8.36. The summed E-state index contributed by atoms with van der Waals surface area (Å²) in [5, 5.41) is 3.90. The molecule has 0 bridgehead atoms. The van der Waals surface area contributed by atoms with E-state index >= 15 is 0 Å². The quantitative estimate of drug-likeness (QED) is 0.457. The lowest BCUT2D eigenvalue weighted by atomic mass is 10.3. The van der Waals surface area contributed by atoms with E-state index < -0.39 is 0 Å². The fourth-order valence-corrected chi connectivity index (χ4v) is 1.43. The molecule has 2 rings (SSSR count). The molecule has 1 amide bonds. The van der Waals surface area contributed by atoms with Crippen LogP contribution in [0.5, 0.6) is 0 Å². The van der Waals surface area contributed by atoms with E-state index in [1.165, 1.54) is 0 Å². The maximum Gasteiger partial charge on any atom is 0.271 e. The molecule has 0 spiro atoms. The summed E-state index contributed by atoms with van der Waals surface area (Å²) in [5.74, 6) is -0.239. The van der Waals surface area contributed by atoms with E-state index in [1.54, 1.807) is 30.9 Å². The number of rotatable bonds is 3. The van der Waals surface area contributed by atoms with Crippen LogP contribution in [0.1, 0.15) is 10.4 Å². The minimum atomic E-state index is -0.239. The van der Waals surface area contributed by atoms with E-state index in [0.29, 0.717) is 18.8 Å². The van der Waals surface area contributed by atoms with Gasteiger partial charge in [0.2, 0.25) is 0 Å². The van der Waals surface area contributed by atoms with Gasteiger partial charge in [0, 0.05) is 31.0 Å². The summed E-state index contributed by atoms with van der Waals surface area (Å²) in [6, 6.07) is 3.28. The normalized spacial score (nSPS) is 16.1. The van der Waals surface area contributed by atoms with Crippen molar-refractivity contribution in [2.24, 2.45) is 5.10 Å². The van der Waals surface area contributed by atoms with E-state index in [0.717, 1.165) is 13.1 Å². The van der Waals surface area contributed by atoms with Crippen LogP contribution in [-0.4, -0.2) is 48.4 Å². The first-order valence-corrected chi connectivity index (χ1v) is 5.41. The molecule has 17 heavy (non-hydrogen) atoms. The maximum absolute atomic E-state index is 11.6. The van der Waals surface area contributed by atoms with E-state index in [-0.39, 0.29) is 5.91 Å². The Balaban J connectivity index is 1.81. The molecular weight excluding hydrogens is 220 g/mol. The Bertz CT molecular complexity index is 388. The summed E-state index contributed by atoms with van der Waals surface area (Å²) in [6.07, 6.45) is 4.77. The first kappa shape index (κ1) is 11.5. The second-order valence-electron chi connectivity index (χ2n) is 3.57. The number of aromatic nitrogens is 1. The number of pyridine rings is 1. The zero-order chi connectivity index (χ0) is 11.9. The molecular formula is C11H14N4O2. The van der Waals surface area contributed by atoms with Crippen molar-refractivity contribution in [2.45, 2.75) is 0 Å². The third kappa shape index (κ3) is 3.53. The van der Waals surface area contributed by atoms with Crippen LogP contribution in [0.4, 0.5) is 0 Å². The molecule has 1 aromatic rings. The smallest absolute Gasteiger partial charge is 0.271 e. The highest BCUT2D eigenvalue weighted by atomic mass is 16.5. The van der Waals surface area contributed by atoms with Crippen molar-refractivity contribution in [1.29, 1.82) is 0 Å². The number of amides is 1. The summed E-state index contributed by atoms with van der Waals surface area (Å²) in [5.41, 5.74) is 3.01. The maximum atomic E-state index is 11.6. The number of carbonyl (C=O) groups excluding carboxylic acids is 1. The highest BCUT2D eigenvalue weighted by Gasteiger charge is 2.06. The van der Waals surface area contributed by atoms with Crippen molar-refractivity contribution in [2.75, 3.05) is 26.3 Å². The average Bonchev–Trinajstić information content (AvgIpc) is 2.41. The van der Waals surface area contributed by atoms with E-state index in [2.05, 4.69) is 15.5 Å². The predicted molar refractivity (Wildman–Crippen MR) is 62.6 cm³/mol. The molecule has 1 aliphatic heterocycles. The van der Waals surface area contributed by atoms with Crippen LogP contribution in [0.2, 0.25) is 0 Å². The van der Waals surface area contributed by atoms with Gasteiger partial charge in [-0.05, 0) is 12.1 Å². The largest absolute Gasteiger partial charge is 0.378 e. The summed E-state index contributed by atoms with van der Waals surface area (Å²) >= 11 is 0. The molecule has 0 radical (unpaired) electrons. The summed E-state index contributed by atoms with van der Waals surface area (Å²) in [4.78, 5) is 17.4. The topological polar surface area (TPSA) is 66.8 Å². The molecule has 6 nitrogen and oxygen atoms in total. The van der Waals surface area contributed by atoms with Gasteiger partial charge in [0.15, 0.2) is 0 Å². The minimum Gasteiger partial charge on any atom is -0.378 e. The monoisotopic (exact) mass is 234 g/mol. The van der Waals surface area contributed by atoms with E-state index in [1.807, 2.05) is 4.90 Å². The number of ether oxygens (including phenoxy) is 1. The van der Waals surface area contributed by atoms with E-state index in [4.69, 9.17) is 4.74 Å². The van der Waals surface area contributed by atoms with Crippen molar-refractivity contribution < 1.29 is 9.53 Å². The number of morpholine rings is 1. The van der Waals surface area contributed by atoms with Crippen LogP contribution < -0.4 is 5.43 Å². The van der Waals surface area contributed by atoms with Crippen molar-refractivity contribution >= 4 is 12.2 Å². The molecule has 0 atom stereocenters. The fraction of sp³-hybridized carbons (Fsp3) is 0.364. The van der Waals surface area contributed by atoms with Gasteiger partial charge in [-0.3, -0.25) is 9.78 Å².